The molecule has 0 aliphatic heterocycles. The number of rotatable bonds is 5. The summed E-state index contributed by atoms with van der Waals surface area (Å²) in [7, 11) is 0. The Morgan fingerprint density at radius 3 is 2.35 bits per heavy atom. The van der Waals surface area contributed by atoms with Gasteiger partial charge in [-0.3, -0.25) is 0 Å². The fourth-order valence-corrected chi connectivity index (χ4v) is 2.65. The van der Waals surface area contributed by atoms with Crippen LogP contribution < -0.4 is 5.73 Å². The molecule has 2 nitrogen and oxygen atoms in total. The fourth-order valence-electron chi connectivity index (χ4n) is 2.65. The van der Waals surface area contributed by atoms with E-state index in [0.29, 0.717) is 12.0 Å². The van der Waals surface area contributed by atoms with Crippen molar-refractivity contribution in [1.29, 1.82) is 0 Å². The molecule has 0 spiro atoms. The number of benzene rings is 1. The minimum atomic E-state index is -4.29. The molecule has 1 aliphatic carbocycles. The van der Waals surface area contributed by atoms with Crippen molar-refractivity contribution in [3.63, 3.8) is 0 Å². The van der Waals surface area contributed by atoms with E-state index in [1.807, 2.05) is 6.92 Å². The Bertz CT molecular complexity index is 424. The number of hydrogen-bond donors (Lipinski definition) is 1. The van der Waals surface area contributed by atoms with Gasteiger partial charge in [-0.05, 0) is 49.8 Å². The molecule has 1 saturated carbocycles. The van der Waals surface area contributed by atoms with Crippen molar-refractivity contribution in [1.82, 2.24) is 0 Å². The number of halogens is 3. The monoisotopic (exact) mass is 287 g/mol. The van der Waals surface area contributed by atoms with E-state index in [9.17, 15) is 13.2 Å². The Hall–Kier alpha value is -1.07. The van der Waals surface area contributed by atoms with Gasteiger partial charge >= 0.3 is 6.18 Å². The summed E-state index contributed by atoms with van der Waals surface area (Å²) in [6.45, 7) is 2.70. The molecule has 1 aromatic rings. The molecule has 0 heterocycles. The van der Waals surface area contributed by atoms with E-state index in [2.05, 4.69) is 0 Å². The molecule has 2 rings (SSSR count). The number of nitrogens with two attached hydrogens (primary N) is 1. The zero-order valence-electron chi connectivity index (χ0n) is 11.5. The van der Waals surface area contributed by atoms with Gasteiger partial charge in [0.25, 0.3) is 0 Å². The zero-order valence-corrected chi connectivity index (χ0v) is 11.5. The van der Waals surface area contributed by atoms with Gasteiger partial charge in [0.15, 0.2) is 0 Å². The van der Waals surface area contributed by atoms with E-state index in [1.54, 1.807) is 0 Å². The second-order valence-corrected chi connectivity index (χ2v) is 5.38. The normalized spacial score (nSPS) is 24.2. The molecular weight excluding hydrogens is 267 g/mol. The van der Waals surface area contributed by atoms with Crippen LogP contribution in [0.4, 0.5) is 13.2 Å². The van der Waals surface area contributed by atoms with Crippen LogP contribution in [0.2, 0.25) is 0 Å². The lowest BCUT2D eigenvalue weighted by Crippen LogP contribution is -2.33. The van der Waals surface area contributed by atoms with Gasteiger partial charge in [0, 0.05) is 12.6 Å². The summed E-state index contributed by atoms with van der Waals surface area (Å²) in [4.78, 5) is 0. The Morgan fingerprint density at radius 2 is 1.85 bits per heavy atom. The molecule has 112 valence electrons. The molecule has 0 amide bonds. The van der Waals surface area contributed by atoms with Crippen LogP contribution in [0.3, 0.4) is 0 Å². The first-order chi connectivity index (χ1) is 9.40. The highest BCUT2D eigenvalue weighted by Gasteiger charge is 2.32. The maximum Gasteiger partial charge on any atom is 0.416 e. The zero-order chi connectivity index (χ0) is 14.8. The van der Waals surface area contributed by atoms with Crippen molar-refractivity contribution in [3.8, 4) is 0 Å². The maximum absolute atomic E-state index is 12.5. The minimum Gasteiger partial charge on any atom is -0.378 e. The predicted octanol–water partition coefficient (Wildman–Crippen LogP) is 3.91. The maximum atomic E-state index is 12.5. The van der Waals surface area contributed by atoms with Gasteiger partial charge in [-0.25, -0.2) is 0 Å². The van der Waals surface area contributed by atoms with E-state index in [1.165, 1.54) is 12.1 Å². The third kappa shape index (κ3) is 3.73. The molecular formula is C15H20F3NO. The van der Waals surface area contributed by atoms with Gasteiger partial charge in [-0.15, -0.1) is 0 Å². The second-order valence-electron chi connectivity index (χ2n) is 5.38. The Kier molecular flexibility index (Phi) is 4.70. The molecule has 2 N–H and O–H groups in total. The van der Waals surface area contributed by atoms with Crippen LogP contribution in [0.25, 0.3) is 0 Å². The van der Waals surface area contributed by atoms with Crippen LogP contribution in [0.5, 0.6) is 0 Å². The van der Waals surface area contributed by atoms with Gasteiger partial charge in [0.05, 0.1) is 11.7 Å². The van der Waals surface area contributed by atoms with E-state index in [0.717, 1.165) is 43.6 Å². The SMILES string of the molecule is CCOC1CC(CC(N)c2ccc(C(F)(F)F)cc2)C1. The topological polar surface area (TPSA) is 35.2 Å². The summed E-state index contributed by atoms with van der Waals surface area (Å²) in [5.41, 5.74) is 6.19. The van der Waals surface area contributed by atoms with Crippen LogP contribution in [-0.2, 0) is 10.9 Å². The average molecular weight is 287 g/mol. The van der Waals surface area contributed by atoms with Crippen molar-refractivity contribution >= 4 is 0 Å². The smallest absolute Gasteiger partial charge is 0.378 e. The van der Waals surface area contributed by atoms with Crippen molar-refractivity contribution < 1.29 is 17.9 Å². The number of alkyl halides is 3. The standard InChI is InChI=1S/C15H20F3NO/c1-2-20-13-7-10(8-13)9-14(19)11-3-5-12(6-4-11)15(16,17)18/h3-6,10,13-14H,2,7-9,19H2,1H3. The molecule has 1 fully saturated rings. The van der Waals surface area contributed by atoms with Gasteiger partial charge in [-0.1, -0.05) is 12.1 Å². The number of hydrogen-bond acceptors (Lipinski definition) is 2. The summed E-state index contributed by atoms with van der Waals surface area (Å²) >= 11 is 0. The van der Waals surface area contributed by atoms with Gasteiger partial charge in [0.2, 0.25) is 0 Å². The van der Waals surface area contributed by atoms with Gasteiger partial charge < -0.3 is 10.5 Å². The van der Waals surface area contributed by atoms with Crippen molar-refractivity contribution in [3.05, 3.63) is 35.4 Å². The van der Waals surface area contributed by atoms with Crippen LogP contribution >= 0.6 is 0 Å². The lowest BCUT2D eigenvalue weighted by atomic mass is 9.77. The lowest BCUT2D eigenvalue weighted by Gasteiger charge is -2.36. The quantitative estimate of drug-likeness (QED) is 0.891. The summed E-state index contributed by atoms with van der Waals surface area (Å²) < 4.78 is 42.9. The van der Waals surface area contributed by atoms with Crippen LogP contribution in [0, 0.1) is 5.92 Å². The van der Waals surface area contributed by atoms with E-state index < -0.39 is 11.7 Å². The molecule has 1 aromatic carbocycles. The molecule has 1 atom stereocenters. The Labute approximate surface area is 117 Å². The second kappa shape index (κ2) is 6.14. The molecule has 0 bridgehead atoms. The van der Waals surface area contributed by atoms with Crippen molar-refractivity contribution in [2.24, 2.45) is 11.7 Å². The number of ether oxygens (including phenoxy) is 1. The molecule has 0 aromatic heterocycles. The Morgan fingerprint density at radius 1 is 1.25 bits per heavy atom. The summed E-state index contributed by atoms with van der Waals surface area (Å²) in [5, 5.41) is 0. The van der Waals surface area contributed by atoms with Gasteiger partial charge in [0.1, 0.15) is 0 Å². The first-order valence-corrected chi connectivity index (χ1v) is 6.94. The molecule has 5 heteroatoms. The minimum absolute atomic E-state index is 0.204. The fraction of sp³-hybridized carbons (Fsp3) is 0.600. The van der Waals surface area contributed by atoms with Crippen LogP contribution in [0.15, 0.2) is 24.3 Å². The van der Waals surface area contributed by atoms with E-state index in [-0.39, 0.29) is 6.04 Å². The molecule has 1 aliphatic rings. The molecule has 0 radical (unpaired) electrons. The van der Waals surface area contributed by atoms with E-state index >= 15 is 0 Å². The molecule has 20 heavy (non-hydrogen) atoms. The van der Waals surface area contributed by atoms with Crippen molar-refractivity contribution in [2.45, 2.75) is 44.5 Å². The predicted molar refractivity (Wildman–Crippen MR) is 71.1 cm³/mol. The first-order valence-electron chi connectivity index (χ1n) is 6.94. The highest BCUT2D eigenvalue weighted by molar-refractivity contribution is 5.26. The van der Waals surface area contributed by atoms with Crippen LogP contribution in [0.1, 0.15) is 43.4 Å². The third-order valence-electron chi connectivity index (χ3n) is 3.85. The molecule has 0 saturated heterocycles. The lowest BCUT2D eigenvalue weighted by molar-refractivity contribution is -0.137. The third-order valence-corrected chi connectivity index (χ3v) is 3.85. The molecule has 1 unspecified atom stereocenters. The highest BCUT2D eigenvalue weighted by atomic mass is 19.4. The summed E-state index contributed by atoms with van der Waals surface area (Å²) in [5.74, 6) is 0.517. The summed E-state index contributed by atoms with van der Waals surface area (Å²) in [6.07, 6.45) is -1.15. The van der Waals surface area contributed by atoms with E-state index in [4.69, 9.17) is 10.5 Å². The Balaban J connectivity index is 1.86. The first kappa shape index (κ1) is 15.3. The van der Waals surface area contributed by atoms with Gasteiger partial charge in [-0.2, -0.15) is 13.2 Å². The highest BCUT2D eigenvalue weighted by Crippen LogP contribution is 2.36. The largest absolute Gasteiger partial charge is 0.416 e. The van der Waals surface area contributed by atoms with Crippen LogP contribution in [-0.4, -0.2) is 12.7 Å². The average Bonchev–Trinajstić information content (AvgIpc) is 2.35. The van der Waals surface area contributed by atoms with Crippen molar-refractivity contribution in [2.75, 3.05) is 6.61 Å². The summed E-state index contributed by atoms with van der Waals surface area (Å²) in [6, 6.07) is 4.95.